The van der Waals surface area contributed by atoms with Gasteiger partial charge < -0.3 is 4.74 Å². The third kappa shape index (κ3) is 4.35. The molecule has 0 radical (unpaired) electrons. The van der Waals surface area contributed by atoms with Crippen molar-refractivity contribution in [2.24, 2.45) is 0 Å². The molecule has 0 spiro atoms. The minimum atomic E-state index is 0.918. The number of rotatable bonds is 6. The molecule has 1 nitrogen and oxygen atoms in total. The molecule has 0 N–H and O–H groups in total. The molecule has 0 atom stereocenters. The Bertz CT molecular complexity index is 539. The fourth-order valence-corrected chi connectivity index (χ4v) is 2.13. The van der Waals surface area contributed by atoms with Gasteiger partial charge in [0.05, 0.1) is 0 Å². The van der Waals surface area contributed by atoms with Crippen LogP contribution in [0.2, 0.25) is 0 Å². The van der Waals surface area contributed by atoms with Crippen molar-refractivity contribution < 1.29 is 4.74 Å². The van der Waals surface area contributed by atoms with E-state index in [1.165, 1.54) is 0 Å². The van der Waals surface area contributed by atoms with E-state index in [-0.39, 0.29) is 0 Å². The van der Waals surface area contributed by atoms with Crippen LogP contribution in [-0.2, 0) is 4.74 Å². The molecule has 2 aromatic carbocycles. The molecular weight excluding hydrogens is 256 g/mol. The highest BCUT2D eigenvalue weighted by Gasteiger charge is 2.07. The molecule has 0 saturated heterocycles. The number of hydrogen-bond donors (Lipinski definition) is 0. The number of benzene rings is 2. The first-order valence-electron chi connectivity index (χ1n) is 7.54. The summed E-state index contributed by atoms with van der Waals surface area (Å²) in [5.74, 6) is 1.84. The lowest BCUT2D eigenvalue weighted by atomic mass is 10.1. The van der Waals surface area contributed by atoms with Crippen molar-refractivity contribution in [3.05, 3.63) is 83.9 Å². The summed E-state index contributed by atoms with van der Waals surface area (Å²) in [5.41, 5.74) is 2.22. The van der Waals surface area contributed by atoms with Gasteiger partial charge in [0.15, 0.2) is 0 Å². The lowest BCUT2D eigenvalue weighted by molar-refractivity contribution is 0.467. The summed E-state index contributed by atoms with van der Waals surface area (Å²) in [6, 6.07) is 20.5. The van der Waals surface area contributed by atoms with E-state index in [1.807, 2.05) is 36.4 Å². The lowest BCUT2D eigenvalue weighted by Gasteiger charge is -2.14. The molecule has 0 saturated carbocycles. The maximum atomic E-state index is 6.23. The zero-order chi connectivity index (χ0) is 14.9. The van der Waals surface area contributed by atoms with Crippen LogP contribution in [-0.4, -0.2) is 0 Å². The van der Waals surface area contributed by atoms with Gasteiger partial charge in [-0.1, -0.05) is 74.5 Å². The van der Waals surface area contributed by atoms with Crippen LogP contribution < -0.4 is 0 Å². The molecule has 0 bridgehead atoms. The highest BCUT2D eigenvalue weighted by Crippen LogP contribution is 2.26. The van der Waals surface area contributed by atoms with Crippen LogP contribution in [0.3, 0.4) is 0 Å². The Morgan fingerprint density at radius 1 is 0.714 bits per heavy atom. The lowest BCUT2D eigenvalue weighted by Crippen LogP contribution is -1.94. The van der Waals surface area contributed by atoms with Crippen LogP contribution in [0.5, 0.6) is 0 Å². The van der Waals surface area contributed by atoms with Gasteiger partial charge in [-0.15, -0.1) is 0 Å². The van der Waals surface area contributed by atoms with E-state index in [0.29, 0.717) is 0 Å². The summed E-state index contributed by atoms with van der Waals surface area (Å²) in [5, 5.41) is 0. The van der Waals surface area contributed by atoms with Gasteiger partial charge in [-0.05, 0) is 25.0 Å². The van der Waals surface area contributed by atoms with Crippen LogP contribution in [0, 0.1) is 0 Å². The minimum Gasteiger partial charge on any atom is -0.457 e. The van der Waals surface area contributed by atoms with Gasteiger partial charge in [0.1, 0.15) is 11.5 Å². The van der Waals surface area contributed by atoms with Gasteiger partial charge in [0.2, 0.25) is 0 Å². The Morgan fingerprint density at radius 3 is 1.43 bits per heavy atom. The maximum absolute atomic E-state index is 6.23. The van der Waals surface area contributed by atoms with Crippen LogP contribution >= 0.6 is 0 Å². The zero-order valence-electron chi connectivity index (χ0n) is 12.8. The summed E-state index contributed by atoms with van der Waals surface area (Å²) in [6.45, 7) is 4.25. The first kappa shape index (κ1) is 15.1. The monoisotopic (exact) mass is 278 g/mol. The van der Waals surface area contributed by atoms with Crippen LogP contribution in [0.1, 0.15) is 37.8 Å². The molecule has 0 aromatic heterocycles. The van der Waals surface area contributed by atoms with Gasteiger partial charge in [0.25, 0.3) is 0 Å². The fourth-order valence-electron chi connectivity index (χ4n) is 2.13. The van der Waals surface area contributed by atoms with Gasteiger partial charge in [-0.25, -0.2) is 0 Å². The summed E-state index contributed by atoms with van der Waals surface area (Å²) < 4.78 is 6.23. The third-order valence-electron chi connectivity index (χ3n) is 3.12. The Kier molecular flexibility index (Phi) is 5.83. The molecule has 0 aliphatic heterocycles. The summed E-state index contributed by atoms with van der Waals surface area (Å²) in [7, 11) is 0. The predicted molar refractivity (Wildman–Crippen MR) is 90.5 cm³/mol. The van der Waals surface area contributed by atoms with Crippen molar-refractivity contribution in [1.29, 1.82) is 0 Å². The van der Waals surface area contributed by atoms with Gasteiger partial charge in [-0.3, -0.25) is 0 Å². The summed E-state index contributed by atoms with van der Waals surface area (Å²) in [6.07, 6.45) is 6.14. The molecule has 0 aliphatic rings. The highest BCUT2D eigenvalue weighted by atomic mass is 16.5. The molecule has 21 heavy (non-hydrogen) atoms. The largest absolute Gasteiger partial charge is 0.457 e. The second-order valence-corrected chi connectivity index (χ2v) is 4.79. The zero-order valence-corrected chi connectivity index (χ0v) is 12.8. The Labute approximate surface area is 127 Å². The normalized spacial score (nSPS) is 12.3. The first-order valence-corrected chi connectivity index (χ1v) is 7.54. The van der Waals surface area contributed by atoms with E-state index in [2.05, 4.69) is 50.3 Å². The van der Waals surface area contributed by atoms with E-state index in [4.69, 9.17) is 4.74 Å². The Balaban J connectivity index is 2.30. The third-order valence-corrected chi connectivity index (χ3v) is 3.12. The van der Waals surface area contributed by atoms with E-state index >= 15 is 0 Å². The molecule has 0 amide bonds. The molecule has 2 rings (SSSR count). The quantitative estimate of drug-likeness (QED) is 0.597. The second-order valence-electron chi connectivity index (χ2n) is 4.79. The van der Waals surface area contributed by atoms with Crippen LogP contribution in [0.25, 0.3) is 11.5 Å². The molecule has 1 heteroatoms. The Hall–Kier alpha value is -2.28. The van der Waals surface area contributed by atoms with E-state index in [1.54, 1.807) is 0 Å². The second kappa shape index (κ2) is 8.11. The van der Waals surface area contributed by atoms with Gasteiger partial charge in [-0.2, -0.15) is 0 Å². The molecule has 0 fully saturated rings. The fraction of sp³-hybridized carbons (Fsp3) is 0.200. The average molecular weight is 278 g/mol. The summed E-state index contributed by atoms with van der Waals surface area (Å²) >= 11 is 0. The molecule has 0 aliphatic carbocycles. The van der Waals surface area contributed by atoms with Gasteiger partial charge in [0, 0.05) is 11.1 Å². The first-order chi connectivity index (χ1) is 10.3. The van der Waals surface area contributed by atoms with Crippen LogP contribution in [0.15, 0.2) is 72.8 Å². The smallest absolute Gasteiger partial charge is 0.130 e. The van der Waals surface area contributed by atoms with E-state index in [0.717, 1.165) is 35.5 Å². The minimum absolute atomic E-state index is 0.918. The molecule has 0 heterocycles. The number of ether oxygens (including phenoxy) is 1. The standard InChI is InChI=1S/C20H22O/c1-3-11-19(17-13-7-5-8-14-17)21-20(12-4-2)18-15-9-6-10-16-18/h5-16H,3-4H2,1-2H3/b19-11+,20-12+. The Morgan fingerprint density at radius 2 is 1.10 bits per heavy atom. The summed E-state index contributed by atoms with van der Waals surface area (Å²) in [4.78, 5) is 0. The highest BCUT2D eigenvalue weighted by molar-refractivity contribution is 5.69. The van der Waals surface area contributed by atoms with Crippen LogP contribution in [0.4, 0.5) is 0 Å². The van der Waals surface area contributed by atoms with Crippen molar-refractivity contribution in [3.8, 4) is 0 Å². The van der Waals surface area contributed by atoms with E-state index in [9.17, 15) is 0 Å². The number of hydrogen-bond acceptors (Lipinski definition) is 1. The van der Waals surface area contributed by atoms with Gasteiger partial charge >= 0.3 is 0 Å². The predicted octanol–water partition coefficient (Wildman–Crippen LogP) is 5.91. The van der Waals surface area contributed by atoms with Crippen molar-refractivity contribution in [2.75, 3.05) is 0 Å². The van der Waals surface area contributed by atoms with Crippen molar-refractivity contribution in [1.82, 2.24) is 0 Å². The maximum Gasteiger partial charge on any atom is 0.130 e. The van der Waals surface area contributed by atoms with E-state index < -0.39 is 0 Å². The average Bonchev–Trinajstić information content (AvgIpc) is 2.55. The van der Waals surface area contributed by atoms with Crippen molar-refractivity contribution in [3.63, 3.8) is 0 Å². The van der Waals surface area contributed by atoms with Crippen molar-refractivity contribution in [2.45, 2.75) is 26.7 Å². The molecule has 2 aromatic rings. The van der Waals surface area contributed by atoms with Crippen molar-refractivity contribution >= 4 is 11.5 Å². The SMILES string of the molecule is CC/C=C(/O/C(=C/CC)c1ccccc1)c1ccccc1. The topological polar surface area (TPSA) is 9.23 Å². The number of allylic oxidation sites excluding steroid dienone is 2. The molecule has 0 unspecified atom stereocenters. The molecular formula is C20H22O. The molecule has 108 valence electrons.